The maximum absolute atomic E-state index is 12.8. The molecule has 0 saturated carbocycles. The summed E-state index contributed by atoms with van der Waals surface area (Å²) in [5.41, 5.74) is 2.53. The first-order valence-electron chi connectivity index (χ1n) is 10.2. The highest BCUT2D eigenvalue weighted by molar-refractivity contribution is 5.94. The van der Waals surface area contributed by atoms with Crippen LogP contribution in [0.2, 0.25) is 0 Å². The standard InChI is InChI=1S/C24H24N4O3/c1-17-25-22(19-6-4-3-5-7-19)16-23(26-17)27-12-14-28(15-13-27)24(30)20-8-10-21(11-9-20)31-18(2)29/h3-11,16H,12-15H2,1-2H3. The third kappa shape index (κ3) is 4.88. The van der Waals surface area contributed by atoms with E-state index in [4.69, 9.17) is 4.74 Å². The Morgan fingerprint density at radius 3 is 2.23 bits per heavy atom. The van der Waals surface area contributed by atoms with Crippen molar-refractivity contribution in [2.75, 3.05) is 31.1 Å². The number of amides is 1. The maximum Gasteiger partial charge on any atom is 0.308 e. The SMILES string of the molecule is CC(=O)Oc1ccc(C(=O)N2CCN(c3cc(-c4ccccc4)nc(C)n3)CC2)cc1. The molecule has 1 aliphatic rings. The normalized spacial score (nSPS) is 13.7. The van der Waals surface area contributed by atoms with Crippen LogP contribution < -0.4 is 9.64 Å². The monoisotopic (exact) mass is 416 g/mol. The molecular weight excluding hydrogens is 392 g/mol. The number of anilines is 1. The molecule has 0 radical (unpaired) electrons. The molecular formula is C24H24N4O3. The first-order valence-corrected chi connectivity index (χ1v) is 10.2. The number of aromatic nitrogens is 2. The van der Waals surface area contributed by atoms with E-state index in [1.807, 2.05) is 48.2 Å². The summed E-state index contributed by atoms with van der Waals surface area (Å²) in [6.45, 7) is 5.85. The highest BCUT2D eigenvalue weighted by Crippen LogP contribution is 2.23. The van der Waals surface area contributed by atoms with Gasteiger partial charge < -0.3 is 14.5 Å². The van der Waals surface area contributed by atoms with E-state index in [-0.39, 0.29) is 11.9 Å². The lowest BCUT2D eigenvalue weighted by molar-refractivity contribution is -0.131. The highest BCUT2D eigenvalue weighted by Gasteiger charge is 2.23. The number of carbonyl (C=O) groups excluding carboxylic acids is 2. The van der Waals surface area contributed by atoms with Crippen LogP contribution in [0, 0.1) is 6.92 Å². The molecule has 1 fully saturated rings. The van der Waals surface area contributed by atoms with Crippen molar-refractivity contribution in [3.63, 3.8) is 0 Å². The fourth-order valence-corrected chi connectivity index (χ4v) is 3.62. The van der Waals surface area contributed by atoms with E-state index in [9.17, 15) is 9.59 Å². The molecule has 0 aliphatic carbocycles. The second-order valence-electron chi connectivity index (χ2n) is 7.42. The number of hydrogen-bond acceptors (Lipinski definition) is 6. The molecule has 7 nitrogen and oxygen atoms in total. The zero-order chi connectivity index (χ0) is 21.8. The Balaban J connectivity index is 1.42. The molecule has 1 aromatic heterocycles. The van der Waals surface area contributed by atoms with Crippen molar-refractivity contribution in [1.29, 1.82) is 0 Å². The number of esters is 1. The first kappa shape index (κ1) is 20.5. The molecule has 0 unspecified atom stereocenters. The van der Waals surface area contributed by atoms with Crippen molar-refractivity contribution >= 4 is 17.7 Å². The summed E-state index contributed by atoms with van der Waals surface area (Å²) >= 11 is 0. The minimum atomic E-state index is -0.384. The van der Waals surface area contributed by atoms with Crippen LogP contribution in [0.15, 0.2) is 60.7 Å². The highest BCUT2D eigenvalue weighted by atomic mass is 16.5. The number of benzene rings is 2. The van der Waals surface area contributed by atoms with Crippen LogP contribution in [0.25, 0.3) is 11.3 Å². The minimum absolute atomic E-state index is 0.0298. The topological polar surface area (TPSA) is 75.6 Å². The predicted molar refractivity (Wildman–Crippen MR) is 118 cm³/mol. The molecule has 0 N–H and O–H groups in total. The predicted octanol–water partition coefficient (Wildman–Crippen LogP) is 3.34. The van der Waals surface area contributed by atoms with Gasteiger partial charge in [-0.15, -0.1) is 0 Å². The Morgan fingerprint density at radius 2 is 1.58 bits per heavy atom. The molecule has 2 aromatic carbocycles. The van der Waals surface area contributed by atoms with Gasteiger partial charge in [0.15, 0.2) is 0 Å². The number of hydrogen-bond donors (Lipinski definition) is 0. The number of aryl methyl sites for hydroxylation is 1. The Morgan fingerprint density at radius 1 is 0.903 bits per heavy atom. The summed E-state index contributed by atoms with van der Waals surface area (Å²) in [6.07, 6.45) is 0. The lowest BCUT2D eigenvalue weighted by atomic mass is 10.1. The number of rotatable bonds is 4. The van der Waals surface area contributed by atoms with Crippen LogP contribution in [0.1, 0.15) is 23.1 Å². The molecule has 7 heteroatoms. The Bertz CT molecular complexity index is 1080. The van der Waals surface area contributed by atoms with E-state index in [1.165, 1.54) is 6.92 Å². The Hall–Kier alpha value is -3.74. The first-order chi connectivity index (χ1) is 15.0. The van der Waals surface area contributed by atoms with Gasteiger partial charge in [-0.1, -0.05) is 30.3 Å². The van der Waals surface area contributed by atoms with Gasteiger partial charge in [-0.3, -0.25) is 9.59 Å². The van der Waals surface area contributed by atoms with Gasteiger partial charge >= 0.3 is 5.97 Å². The van der Waals surface area contributed by atoms with Crippen LogP contribution in [0.3, 0.4) is 0 Å². The number of nitrogens with zero attached hydrogens (tertiary/aromatic N) is 4. The zero-order valence-corrected chi connectivity index (χ0v) is 17.6. The van der Waals surface area contributed by atoms with Gasteiger partial charge in [-0.05, 0) is 31.2 Å². The van der Waals surface area contributed by atoms with Crippen molar-refractivity contribution in [2.24, 2.45) is 0 Å². The van der Waals surface area contributed by atoms with Gasteiger partial charge in [-0.2, -0.15) is 0 Å². The van der Waals surface area contributed by atoms with Crippen molar-refractivity contribution in [1.82, 2.24) is 14.9 Å². The Labute approximate surface area is 181 Å². The third-order valence-electron chi connectivity index (χ3n) is 5.15. The molecule has 0 spiro atoms. The lowest BCUT2D eigenvalue weighted by Gasteiger charge is -2.35. The largest absolute Gasteiger partial charge is 0.427 e. The smallest absolute Gasteiger partial charge is 0.308 e. The van der Waals surface area contributed by atoms with E-state index < -0.39 is 0 Å². The summed E-state index contributed by atoms with van der Waals surface area (Å²) in [5, 5.41) is 0. The van der Waals surface area contributed by atoms with Crippen LogP contribution in [0.5, 0.6) is 5.75 Å². The van der Waals surface area contributed by atoms with Crippen LogP contribution >= 0.6 is 0 Å². The molecule has 4 rings (SSSR count). The van der Waals surface area contributed by atoms with Crippen LogP contribution in [-0.2, 0) is 4.79 Å². The van der Waals surface area contributed by atoms with Crippen LogP contribution in [-0.4, -0.2) is 52.9 Å². The molecule has 158 valence electrons. The molecule has 3 aromatic rings. The fraction of sp³-hybridized carbons (Fsp3) is 0.250. The van der Waals surface area contributed by atoms with E-state index in [0.717, 1.165) is 22.9 Å². The van der Waals surface area contributed by atoms with Crippen molar-refractivity contribution < 1.29 is 14.3 Å². The number of carbonyl (C=O) groups is 2. The average Bonchev–Trinajstić information content (AvgIpc) is 2.79. The average molecular weight is 416 g/mol. The van der Waals surface area contributed by atoms with Gasteiger partial charge in [0.25, 0.3) is 5.91 Å². The number of piperazine rings is 1. The van der Waals surface area contributed by atoms with Gasteiger partial charge in [0.2, 0.25) is 0 Å². The fourth-order valence-electron chi connectivity index (χ4n) is 3.62. The molecule has 31 heavy (non-hydrogen) atoms. The second-order valence-corrected chi connectivity index (χ2v) is 7.42. The minimum Gasteiger partial charge on any atom is -0.427 e. The third-order valence-corrected chi connectivity index (χ3v) is 5.15. The molecule has 0 atom stereocenters. The van der Waals surface area contributed by atoms with Gasteiger partial charge in [0.05, 0.1) is 5.69 Å². The summed E-state index contributed by atoms with van der Waals surface area (Å²) in [4.78, 5) is 37.1. The zero-order valence-electron chi connectivity index (χ0n) is 17.6. The summed E-state index contributed by atoms with van der Waals surface area (Å²) in [6, 6.07) is 18.7. The summed E-state index contributed by atoms with van der Waals surface area (Å²) in [5.74, 6) is 1.62. The Kier molecular flexibility index (Phi) is 5.93. The van der Waals surface area contributed by atoms with E-state index >= 15 is 0 Å². The summed E-state index contributed by atoms with van der Waals surface area (Å²) in [7, 11) is 0. The van der Waals surface area contributed by atoms with E-state index in [0.29, 0.717) is 37.5 Å². The molecule has 0 bridgehead atoms. The van der Waals surface area contributed by atoms with E-state index in [2.05, 4.69) is 14.9 Å². The van der Waals surface area contributed by atoms with Gasteiger partial charge in [0, 0.05) is 50.3 Å². The van der Waals surface area contributed by atoms with Crippen molar-refractivity contribution in [3.05, 3.63) is 72.1 Å². The summed E-state index contributed by atoms with van der Waals surface area (Å²) < 4.78 is 5.03. The molecule has 2 heterocycles. The second kappa shape index (κ2) is 8.95. The quantitative estimate of drug-likeness (QED) is 0.480. The maximum atomic E-state index is 12.8. The van der Waals surface area contributed by atoms with Gasteiger partial charge in [-0.25, -0.2) is 9.97 Å². The molecule has 1 aliphatic heterocycles. The number of ether oxygens (including phenoxy) is 1. The lowest BCUT2D eigenvalue weighted by Crippen LogP contribution is -2.49. The van der Waals surface area contributed by atoms with Gasteiger partial charge in [0.1, 0.15) is 17.4 Å². The molecule has 1 amide bonds. The van der Waals surface area contributed by atoms with Crippen molar-refractivity contribution in [2.45, 2.75) is 13.8 Å². The van der Waals surface area contributed by atoms with E-state index in [1.54, 1.807) is 24.3 Å². The van der Waals surface area contributed by atoms with Crippen molar-refractivity contribution in [3.8, 4) is 17.0 Å². The van der Waals surface area contributed by atoms with Crippen LogP contribution in [0.4, 0.5) is 5.82 Å². The molecule has 1 saturated heterocycles.